The van der Waals surface area contributed by atoms with Crippen LogP contribution in [-0.2, 0) is 6.18 Å². The summed E-state index contributed by atoms with van der Waals surface area (Å²) in [6.07, 6.45) is -8.09. The third-order valence-corrected chi connectivity index (χ3v) is 8.51. The summed E-state index contributed by atoms with van der Waals surface area (Å²) in [7, 11) is 0. The Morgan fingerprint density at radius 2 is 1.64 bits per heavy atom. The molecule has 2 saturated heterocycles. The average Bonchev–Trinajstić information content (AvgIpc) is 3.17. The first kappa shape index (κ1) is 27.9. The molecule has 2 aromatic rings. The lowest BCUT2D eigenvalue weighted by atomic mass is 10.0. The Morgan fingerprint density at radius 3 is 2.26 bits per heavy atom. The molecule has 1 aliphatic carbocycles. The second-order valence-corrected chi connectivity index (χ2v) is 11.5. The average molecular weight is 559 g/mol. The normalized spacial score (nSPS) is 24.1. The zero-order valence-electron chi connectivity index (χ0n) is 21.8. The van der Waals surface area contributed by atoms with Gasteiger partial charge in [0, 0.05) is 45.3 Å². The molecule has 0 radical (unpaired) electrons. The molecule has 214 valence electrons. The number of fused-ring (bicyclic) bond motifs is 2. The minimum atomic E-state index is -4.91. The number of alkyl halides is 6. The minimum Gasteiger partial charge on any atom is -0.361 e. The topological polar surface area (TPSA) is 73.4 Å². The van der Waals surface area contributed by atoms with Gasteiger partial charge >= 0.3 is 12.4 Å². The zero-order valence-corrected chi connectivity index (χ0v) is 21.8. The van der Waals surface area contributed by atoms with E-state index in [1.165, 1.54) is 19.2 Å². The molecule has 5 rings (SSSR count). The third-order valence-electron chi connectivity index (χ3n) is 8.51. The van der Waals surface area contributed by atoms with Crippen molar-refractivity contribution in [3.05, 3.63) is 29.5 Å². The third kappa shape index (κ3) is 6.24. The molecule has 0 bridgehead atoms. The number of nitrogens with one attached hydrogen (secondary N) is 2. The summed E-state index contributed by atoms with van der Waals surface area (Å²) in [6.45, 7) is 9.12. The van der Waals surface area contributed by atoms with Crippen LogP contribution in [0, 0.1) is 17.3 Å². The number of hydrogen-bond acceptors (Lipinski definition) is 6. The molecule has 2 N–H and O–H groups in total. The van der Waals surface area contributed by atoms with Crippen molar-refractivity contribution in [2.45, 2.75) is 45.1 Å². The number of nitrogens with zero attached hydrogens (tertiary/aromatic N) is 4. The van der Waals surface area contributed by atoms with E-state index in [2.05, 4.69) is 38.9 Å². The number of aromatic nitrogens is 2. The quantitative estimate of drug-likeness (QED) is 0.491. The molecule has 3 aliphatic rings. The zero-order chi connectivity index (χ0) is 28.2. The van der Waals surface area contributed by atoms with Crippen LogP contribution < -0.4 is 10.6 Å². The molecule has 1 saturated carbocycles. The summed E-state index contributed by atoms with van der Waals surface area (Å²) in [6, 6.07) is 2.75. The van der Waals surface area contributed by atoms with Crippen LogP contribution in [0.4, 0.5) is 32.2 Å². The molecule has 0 spiro atoms. The lowest BCUT2D eigenvalue weighted by Gasteiger charge is -2.33. The van der Waals surface area contributed by atoms with Gasteiger partial charge in [0.05, 0.1) is 11.1 Å². The van der Waals surface area contributed by atoms with Gasteiger partial charge in [0.25, 0.3) is 5.91 Å². The summed E-state index contributed by atoms with van der Waals surface area (Å²) in [5, 5.41) is 4.73. The van der Waals surface area contributed by atoms with E-state index in [0.29, 0.717) is 11.5 Å². The van der Waals surface area contributed by atoms with E-state index in [4.69, 9.17) is 0 Å². The van der Waals surface area contributed by atoms with Crippen molar-refractivity contribution in [2.75, 3.05) is 51.1 Å². The van der Waals surface area contributed by atoms with Gasteiger partial charge in [-0.25, -0.2) is 9.97 Å². The van der Waals surface area contributed by atoms with Crippen LogP contribution >= 0.6 is 0 Å². The fraction of sp³-hybridized carbons (Fsp3) is 0.654. The molecule has 7 nitrogen and oxygen atoms in total. The standard InChI is InChI=1S/C26H32F6N6O/c1-24(2)17-12-38(13-18(17)24)10-9-37-7-5-15(6-8-37)34-23(39)20-4-3-19-22(36-20)16(26(30,31)32)11-21(35-19)33-14-25(27,28)29/h3-4,11,15,17-18H,5-10,12-14H2,1-2H3,(H,33,35)(H,34,39). The van der Waals surface area contributed by atoms with Crippen molar-refractivity contribution >= 4 is 22.8 Å². The molecule has 0 aromatic carbocycles. The van der Waals surface area contributed by atoms with Gasteiger partial charge in [0.15, 0.2) is 0 Å². The molecular weight excluding hydrogens is 526 g/mol. The van der Waals surface area contributed by atoms with E-state index in [1.54, 1.807) is 0 Å². The molecule has 2 aromatic heterocycles. The number of anilines is 1. The van der Waals surface area contributed by atoms with Crippen LogP contribution in [0.2, 0.25) is 0 Å². The number of halogens is 6. The van der Waals surface area contributed by atoms with E-state index in [9.17, 15) is 31.1 Å². The van der Waals surface area contributed by atoms with Crippen LogP contribution in [0.15, 0.2) is 18.2 Å². The SMILES string of the molecule is CC1(C)C2CN(CCN3CCC(NC(=O)c4ccc5nc(NCC(F)(F)F)cc(C(F)(F)F)c5n4)CC3)CC21. The highest BCUT2D eigenvalue weighted by Crippen LogP contribution is 2.61. The van der Waals surface area contributed by atoms with Gasteiger partial charge in [-0.1, -0.05) is 13.8 Å². The fourth-order valence-corrected chi connectivity index (χ4v) is 5.97. The van der Waals surface area contributed by atoms with Crippen molar-refractivity contribution in [1.82, 2.24) is 25.1 Å². The number of carbonyl (C=O) groups excluding carboxylic acids is 1. The Morgan fingerprint density at radius 1 is 1.00 bits per heavy atom. The van der Waals surface area contributed by atoms with Crippen molar-refractivity contribution < 1.29 is 31.1 Å². The predicted octanol–water partition coefficient (Wildman–Crippen LogP) is 4.40. The van der Waals surface area contributed by atoms with Crippen LogP contribution in [0.25, 0.3) is 11.0 Å². The molecule has 39 heavy (non-hydrogen) atoms. The van der Waals surface area contributed by atoms with Gasteiger partial charge in [-0.3, -0.25) is 4.79 Å². The summed E-state index contributed by atoms with van der Waals surface area (Å²) in [5.41, 5.74) is -1.83. The van der Waals surface area contributed by atoms with E-state index in [0.717, 1.165) is 56.9 Å². The Hall–Kier alpha value is -2.67. The van der Waals surface area contributed by atoms with Gasteiger partial charge in [0.1, 0.15) is 23.6 Å². The lowest BCUT2D eigenvalue weighted by Crippen LogP contribution is -2.46. The highest BCUT2D eigenvalue weighted by atomic mass is 19.4. The number of rotatable bonds is 7. The molecule has 3 fully saturated rings. The monoisotopic (exact) mass is 558 g/mol. The van der Waals surface area contributed by atoms with E-state index >= 15 is 0 Å². The number of piperidine rings is 2. The highest BCUT2D eigenvalue weighted by Gasteiger charge is 2.61. The minimum absolute atomic E-state index is 0.124. The molecule has 2 atom stereocenters. The maximum Gasteiger partial charge on any atom is 0.418 e. The maximum absolute atomic E-state index is 13.7. The van der Waals surface area contributed by atoms with E-state index < -0.39 is 41.7 Å². The second-order valence-electron chi connectivity index (χ2n) is 11.5. The number of hydrogen-bond donors (Lipinski definition) is 2. The summed E-state index contributed by atoms with van der Waals surface area (Å²) >= 11 is 0. The first-order valence-corrected chi connectivity index (χ1v) is 13.2. The van der Waals surface area contributed by atoms with Gasteiger partial charge < -0.3 is 20.4 Å². The number of carbonyl (C=O) groups is 1. The first-order chi connectivity index (χ1) is 18.2. The summed E-state index contributed by atoms with van der Waals surface area (Å²) in [5.74, 6) is 0.460. The molecular formula is C26H32F6N6O. The van der Waals surface area contributed by atoms with Crippen LogP contribution in [-0.4, -0.2) is 83.7 Å². The Kier molecular flexibility index (Phi) is 7.19. The number of pyridine rings is 2. The Bertz CT molecular complexity index is 1210. The van der Waals surface area contributed by atoms with E-state index in [-0.39, 0.29) is 17.3 Å². The van der Waals surface area contributed by atoms with Gasteiger partial charge in [-0.2, -0.15) is 26.3 Å². The molecule has 2 unspecified atom stereocenters. The number of amides is 1. The van der Waals surface area contributed by atoms with Crippen LogP contribution in [0.1, 0.15) is 42.7 Å². The van der Waals surface area contributed by atoms with Gasteiger partial charge in [0.2, 0.25) is 0 Å². The van der Waals surface area contributed by atoms with Crippen molar-refractivity contribution in [1.29, 1.82) is 0 Å². The lowest BCUT2D eigenvalue weighted by molar-refractivity contribution is -0.136. The molecule has 4 heterocycles. The Balaban J connectivity index is 1.17. The smallest absolute Gasteiger partial charge is 0.361 e. The predicted molar refractivity (Wildman–Crippen MR) is 133 cm³/mol. The molecule has 1 amide bonds. The highest BCUT2D eigenvalue weighted by molar-refractivity contribution is 5.95. The van der Waals surface area contributed by atoms with Crippen molar-refractivity contribution in [3.8, 4) is 0 Å². The molecule has 13 heteroatoms. The first-order valence-electron chi connectivity index (χ1n) is 13.2. The number of likely N-dealkylation sites (tertiary alicyclic amines) is 2. The Labute approximate surface area is 222 Å². The summed E-state index contributed by atoms with van der Waals surface area (Å²) < 4.78 is 78.6. The molecule has 2 aliphatic heterocycles. The second kappa shape index (κ2) is 10.1. The van der Waals surface area contributed by atoms with Crippen molar-refractivity contribution in [3.63, 3.8) is 0 Å². The fourth-order valence-electron chi connectivity index (χ4n) is 5.97. The maximum atomic E-state index is 13.7. The van der Waals surface area contributed by atoms with Crippen LogP contribution in [0.3, 0.4) is 0 Å². The van der Waals surface area contributed by atoms with Gasteiger partial charge in [-0.15, -0.1) is 0 Å². The van der Waals surface area contributed by atoms with Crippen LogP contribution in [0.5, 0.6) is 0 Å². The largest absolute Gasteiger partial charge is 0.418 e. The van der Waals surface area contributed by atoms with Gasteiger partial charge in [-0.05, 0) is 48.3 Å². The van der Waals surface area contributed by atoms with E-state index in [1.807, 2.05) is 5.32 Å². The summed E-state index contributed by atoms with van der Waals surface area (Å²) in [4.78, 5) is 25.5. The van der Waals surface area contributed by atoms with Crippen molar-refractivity contribution in [2.24, 2.45) is 17.3 Å².